The van der Waals surface area contributed by atoms with E-state index in [1.807, 2.05) is 6.92 Å². The Kier molecular flexibility index (Phi) is 3.85. The zero-order chi connectivity index (χ0) is 19.9. The van der Waals surface area contributed by atoms with Crippen molar-refractivity contribution in [2.75, 3.05) is 6.61 Å². The Bertz CT molecular complexity index is 767. The first-order chi connectivity index (χ1) is 12.6. The Hall–Kier alpha value is -1.50. The number of fused-ring (bicyclic) bond motifs is 3. The van der Waals surface area contributed by atoms with Gasteiger partial charge in [0.25, 0.3) is 6.47 Å². The number of allylic oxidation sites excluding steroid dienone is 1. The lowest BCUT2D eigenvalue weighted by molar-refractivity contribution is -0.198. The van der Waals surface area contributed by atoms with Gasteiger partial charge in [0.15, 0.2) is 17.5 Å². The highest BCUT2D eigenvalue weighted by Gasteiger charge is 2.76. The highest BCUT2D eigenvalue weighted by atomic mass is 16.5. The Morgan fingerprint density at radius 3 is 2.63 bits per heavy atom. The monoisotopic (exact) mass is 376 g/mol. The summed E-state index contributed by atoms with van der Waals surface area (Å²) < 4.78 is 5.19. The fraction of sp³-hybridized carbons (Fsp3) is 0.714. The molecule has 6 heteroatoms. The number of ketones is 1. The molecule has 2 fully saturated rings. The number of hydrogen-bond donors (Lipinski definition) is 3. The number of Topliss-reactive ketones (excluding diaryl/α,β-unsaturated/α-hetero) is 1. The number of aliphatic hydroxyl groups excluding tert-OH is 2. The molecule has 0 aliphatic heterocycles. The van der Waals surface area contributed by atoms with Crippen molar-refractivity contribution in [3.63, 3.8) is 0 Å². The fourth-order valence-corrected chi connectivity index (χ4v) is 6.68. The van der Waals surface area contributed by atoms with E-state index in [0.717, 1.165) is 6.42 Å². The SMILES string of the molecule is CC1=C[C@]23C(=O)[C@@H](C=C(CO)[C@@H](O)[C@]2(O)[C@H]1OC=O)[C@H]1C(C[C@H]3C)C1(C)C. The normalized spacial score (nSPS) is 49.8. The van der Waals surface area contributed by atoms with Gasteiger partial charge in [-0.05, 0) is 47.7 Å². The van der Waals surface area contributed by atoms with Gasteiger partial charge in [-0.15, -0.1) is 0 Å². The van der Waals surface area contributed by atoms with E-state index in [9.17, 15) is 24.9 Å². The number of ether oxygens (including phenoxy) is 1. The van der Waals surface area contributed by atoms with Gasteiger partial charge in [0.05, 0.1) is 12.0 Å². The molecule has 4 aliphatic carbocycles. The Morgan fingerprint density at radius 2 is 2.04 bits per heavy atom. The summed E-state index contributed by atoms with van der Waals surface area (Å²) in [5, 5.41) is 32.9. The van der Waals surface area contributed by atoms with Crippen molar-refractivity contribution in [3.8, 4) is 0 Å². The first-order valence-corrected chi connectivity index (χ1v) is 9.63. The standard InChI is InChI=1S/C21H28O6/c1-10-7-20-11(2)5-14-15(19(14,3)4)13(17(20)25)6-12(8-22)16(24)21(20,26)18(10)27-9-23/h6-7,9,11,13-16,18,22,24,26H,5,8H2,1-4H3/t11-,13+,14?,15+,16-,18+,20+,21+/m1/s1. The minimum absolute atomic E-state index is 0.00324. The number of aliphatic hydroxyl groups is 3. The van der Waals surface area contributed by atoms with Crippen molar-refractivity contribution in [1.82, 2.24) is 0 Å². The Balaban J connectivity index is 1.98. The second-order valence-corrected chi connectivity index (χ2v) is 9.48. The lowest BCUT2D eigenvalue weighted by Crippen LogP contribution is -2.65. The van der Waals surface area contributed by atoms with Crippen LogP contribution in [0.5, 0.6) is 0 Å². The molecule has 6 nitrogen and oxygen atoms in total. The van der Waals surface area contributed by atoms with Crippen LogP contribution in [0.25, 0.3) is 0 Å². The third kappa shape index (κ3) is 1.96. The van der Waals surface area contributed by atoms with Crippen LogP contribution in [-0.2, 0) is 14.3 Å². The summed E-state index contributed by atoms with van der Waals surface area (Å²) in [6.45, 7) is 7.70. The van der Waals surface area contributed by atoms with Crippen LogP contribution < -0.4 is 0 Å². The Morgan fingerprint density at radius 1 is 1.37 bits per heavy atom. The molecule has 4 aliphatic rings. The molecule has 8 atom stereocenters. The van der Waals surface area contributed by atoms with Crippen LogP contribution in [0.15, 0.2) is 23.3 Å². The molecule has 1 unspecified atom stereocenters. The van der Waals surface area contributed by atoms with Gasteiger partial charge in [-0.2, -0.15) is 0 Å². The summed E-state index contributed by atoms with van der Waals surface area (Å²) in [4.78, 5) is 25.0. The molecule has 0 amide bonds. The summed E-state index contributed by atoms with van der Waals surface area (Å²) in [5.41, 5.74) is -2.62. The van der Waals surface area contributed by atoms with Crippen LogP contribution in [0.2, 0.25) is 0 Å². The summed E-state index contributed by atoms with van der Waals surface area (Å²) in [5.74, 6) is -0.432. The Labute approximate surface area is 158 Å². The van der Waals surface area contributed by atoms with Gasteiger partial charge < -0.3 is 20.1 Å². The van der Waals surface area contributed by atoms with E-state index < -0.39 is 35.7 Å². The van der Waals surface area contributed by atoms with Crippen molar-refractivity contribution >= 4 is 12.3 Å². The number of rotatable bonds is 3. The molecule has 148 valence electrons. The van der Waals surface area contributed by atoms with E-state index in [0.29, 0.717) is 11.5 Å². The van der Waals surface area contributed by atoms with Crippen LogP contribution >= 0.6 is 0 Å². The predicted octanol–water partition coefficient (Wildman–Crippen LogP) is 0.996. The highest BCUT2D eigenvalue weighted by Crippen LogP contribution is 2.71. The summed E-state index contributed by atoms with van der Waals surface area (Å²) in [6.07, 6.45) is 1.49. The molecule has 27 heavy (non-hydrogen) atoms. The second-order valence-electron chi connectivity index (χ2n) is 9.48. The van der Waals surface area contributed by atoms with E-state index in [-0.39, 0.29) is 35.1 Å². The number of hydrogen-bond acceptors (Lipinski definition) is 6. The number of carbonyl (C=O) groups excluding carboxylic acids is 2. The smallest absolute Gasteiger partial charge is 0.293 e. The third-order valence-corrected chi connectivity index (χ3v) is 8.09. The maximum Gasteiger partial charge on any atom is 0.293 e. The first kappa shape index (κ1) is 18.8. The summed E-state index contributed by atoms with van der Waals surface area (Å²) in [7, 11) is 0. The summed E-state index contributed by atoms with van der Waals surface area (Å²) >= 11 is 0. The molecular weight excluding hydrogens is 348 g/mol. The molecule has 2 bridgehead atoms. The molecule has 0 aromatic carbocycles. The third-order valence-electron chi connectivity index (χ3n) is 8.09. The molecule has 0 radical (unpaired) electrons. The zero-order valence-corrected chi connectivity index (χ0v) is 16.2. The van der Waals surface area contributed by atoms with E-state index >= 15 is 0 Å². The average molecular weight is 376 g/mol. The van der Waals surface area contributed by atoms with Gasteiger partial charge in [0.1, 0.15) is 6.10 Å². The van der Waals surface area contributed by atoms with Gasteiger partial charge in [0, 0.05) is 5.92 Å². The van der Waals surface area contributed by atoms with Crippen molar-refractivity contribution in [1.29, 1.82) is 0 Å². The first-order valence-electron chi connectivity index (χ1n) is 9.63. The van der Waals surface area contributed by atoms with Crippen LogP contribution in [0, 0.1) is 34.5 Å². The summed E-state index contributed by atoms with van der Waals surface area (Å²) in [6, 6.07) is 0. The molecule has 0 aromatic heterocycles. The van der Waals surface area contributed by atoms with E-state index in [2.05, 4.69) is 13.8 Å². The van der Waals surface area contributed by atoms with Crippen LogP contribution in [-0.4, -0.2) is 52.0 Å². The predicted molar refractivity (Wildman–Crippen MR) is 96.3 cm³/mol. The lowest BCUT2D eigenvalue weighted by Gasteiger charge is -2.48. The minimum Gasteiger partial charge on any atom is -0.457 e. The molecule has 0 aromatic rings. The van der Waals surface area contributed by atoms with E-state index in [1.165, 1.54) is 0 Å². The van der Waals surface area contributed by atoms with Crippen molar-refractivity contribution in [2.45, 2.75) is 51.9 Å². The maximum absolute atomic E-state index is 13.9. The van der Waals surface area contributed by atoms with Gasteiger partial charge in [-0.25, -0.2) is 0 Å². The van der Waals surface area contributed by atoms with Crippen molar-refractivity contribution < 1.29 is 29.6 Å². The topological polar surface area (TPSA) is 104 Å². The van der Waals surface area contributed by atoms with Gasteiger partial charge in [0.2, 0.25) is 0 Å². The van der Waals surface area contributed by atoms with E-state index in [1.54, 1.807) is 19.1 Å². The highest BCUT2D eigenvalue weighted by molar-refractivity contribution is 5.95. The largest absolute Gasteiger partial charge is 0.457 e. The van der Waals surface area contributed by atoms with Crippen molar-refractivity contribution in [3.05, 3.63) is 23.3 Å². The second kappa shape index (κ2) is 5.52. The lowest BCUT2D eigenvalue weighted by atomic mass is 9.59. The van der Waals surface area contributed by atoms with Gasteiger partial charge in [-0.3, -0.25) is 9.59 Å². The average Bonchev–Trinajstić information content (AvgIpc) is 3.09. The van der Waals surface area contributed by atoms with E-state index in [4.69, 9.17) is 4.74 Å². The molecule has 1 spiro atoms. The molecule has 4 rings (SSSR count). The van der Waals surface area contributed by atoms with Crippen LogP contribution in [0.4, 0.5) is 0 Å². The van der Waals surface area contributed by atoms with Gasteiger partial charge in [-0.1, -0.05) is 32.9 Å². The fourth-order valence-electron chi connectivity index (χ4n) is 6.68. The maximum atomic E-state index is 13.9. The van der Waals surface area contributed by atoms with Crippen LogP contribution in [0.3, 0.4) is 0 Å². The van der Waals surface area contributed by atoms with Crippen LogP contribution in [0.1, 0.15) is 34.1 Å². The van der Waals surface area contributed by atoms with Crippen molar-refractivity contribution in [2.24, 2.45) is 34.5 Å². The molecule has 0 saturated heterocycles. The minimum atomic E-state index is -2.03. The molecule has 3 N–H and O–H groups in total. The zero-order valence-electron chi connectivity index (χ0n) is 16.2. The molecule has 2 saturated carbocycles. The number of carbonyl (C=O) groups is 2. The molecule has 0 heterocycles. The van der Waals surface area contributed by atoms with Gasteiger partial charge >= 0.3 is 0 Å². The molecular formula is C21H28O6. The quantitative estimate of drug-likeness (QED) is 0.501.